The normalized spacial score (nSPS) is 14.8. The second kappa shape index (κ2) is 7.27. The van der Waals surface area contributed by atoms with Gasteiger partial charge in [-0.05, 0) is 49.6 Å². The molecule has 128 valence electrons. The van der Waals surface area contributed by atoms with Gasteiger partial charge in [0.2, 0.25) is 0 Å². The summed E-state index contributed by atoms with van der Waals surface area (Å²) < 4.78 is 0. The molecule has 1 heterocycles. The highest BCUT2D eigenvalue weighted by Crippen LogP contribution is 2.26. The van der Waals surface area contributed by atoms with E-state index in [9.17, 15) is 10.1 Å². The van der Waals surface area contributed by atoms with Gasteiger partial charge in [0.25, 0.3) is 0 Å². The molecule has 0 atom stereocenters. The lowest BCUT2D eigenvalue weighted by atomic mass is 10.0. The maximum Gasteiger partial charge on any atom is 0.335 e. The summed E-state index contributed by atoms with van der Waals surface area (Å²) in [5.74, 6) is -0.911. The number of nitrogens with zero attached hydrogens (tertiary/aromatic N) is 2. The second-order valence-corrected chi connectivity index (χ2v) is 6.37. The molecule has 1 fully saturated rings. The summed E-state index contributed by atoms with van der Waals surface area (Å²) in [4.78, 5) is 13.4. The zero-order chi connectivity index (χ0) is 17.8. The van der Waals surface area contributed by atoms with Gasteiger partial charge >= 0.3 is 5.97 Å². The van der Waals surface area contributed by atoms with Crippen LogP contribution < -0.4 is 10.2 Å². The zero-order valence-electron chi connectivity index (χ0n) is 14.2. The first-order valence-electron chi connectivity index (χ1n) is 8.43. The molecule has 5 nitrogen and oxygen atoms in total. The summed E-state index contributed by atoms with van der Waals surface area (Å²) in [6.07, 6.45) is 1.88. The summed E-state index contributed by atoms with van der Waals surface area (Å²) in [5.41, 5.74) is 3.93. The summed E-state index contributed by atoms with van der Waals surface area (Å²) in [5, 5.41) is 21.9. The SMILES string of the molecule is Cc1ccc(C(=O)O)cc1NC1CCN(c2ccccc2C#N)CC1. The van der Waals surface area contributed by atoms with Crippen LogP contribution in [0.1, 0.15) is 34.3 Å². The first-order chi connectivity index (χ1) is 12.1. The lowest BCUT2D eigenvalue weighted by Gasteiger charge is -2.35. The Morgan fingerprint density at radius 1 is 1.24 bits per heavy atom. The highest BCUT2D eigenvalue weighted by molar-refractivity contribution is 5.89. The Morgan fingerprint density at radius 3 is 2.64 bits per heavy atom. The molecule has 0 saturated carbocycles. The van der Waals surface area contributed by atoms with Gasteiger partial charge in [-0.2, -0.15) is 5.26 Å². The Kier molecular flexibility index (Phi) is 4.90. The molecular formula is C20H21N3O2. The Bertz CT molecular complexity index is 818. The molecule has 1 aliphatic heterocycles. The third kappa shape index (κ3) is 3.74. The Hall–Kier alpha value is -3.00. The van der Waals surface area contributed by atoms with Crippen LogP contribution in [0, 0.1) is 18.3 Å². The number of nitrogens with one attached hydrogen (secondary N) is 1. The van der Waals surface area contributed by atoms with Crippen LogP contribution in [-0.4, -0.2) is 30.2 Å². The van der Waals surface area contributed by atoms with E-state index in [1.807, 2.05) is 37.3 Å². The van der Waals surface area contributed by atoms with E-state index in [-0.39, 0.29) is 0 Å². The number of aryl methyl sites for hydroxylation is 1. The predicted octanol–water partition coefficient (Wildman–Crippen LogP) is 3.65. The van der Waals surface area contributed by atoms with Crippen molar-refractivity contribution in [3.8, 4) is 6.07 Å². The third-order valence-corrected chi connectivity index (χ3v) is 4.70. The number of aromatic carboxylic acids is 1. The van der Waals surface area contributed by atoms with Crippen molar-refractivity contribution in [1.29, 1.82) is 5.26 Å². The molecule has 25 heavy (non-hydrogen) atoms. The van der Waals surface area contributed by atoms with Crippen molar-refractivity contribution in [2.75, 3.05) is 23.3 Å². The van der Waals surface area contributed by atoms with Gasteiger partial charge in [-0.3, -0.25) is 0 Å². The summed E-state index contributed by atoms with van der Waals surface area (Å²) in [6, 6.07) is 15.4. The van der Waals surface area contributed by atoms with Crippen LogP contribution in [0.15, 0.2) is 42.5 Å². The number of hydrogen-bond acceptors (Lipinski definition) is 4. The molecule has 0 amide bonds. The molecule has 3 rings (SSSR count). The number of para-hydroxylation sites is 1. The average Bonchev–Trinajstić information content (AvgIpc) is 2.64. The molecule has 0 radical (unpaired) electrons. The lowest BCUT2D eigenvalue weighted by Crippen LogP contribution is -2.39. The summed E-state index contributed by atoms with van der Waals surface area (Å²) in [6.45, 7) is 3.72. The first kappa shape index (κ1) is 16.8. The van der Waals surface area contributed by atoms with Crippen molar-refractivity contribution in [1.82, 2.24) is 0 Å². The van der Waals surface area contributed by atoms with E-state index < -0.39 is 5.97 Å². The fourth-order valence-electron chi connectivity index (χ4n) is 3.24. The highest BCUT2D eigenvalue weighted by atomic mass is 16.4. The maximum absolute atomic E-state index is 11.2. The first-order valence-corrected chi connectivity index (χ1v) is 8.43. The van der Waals surface area contributed by atoms with Crippen molar-refractivity contribution in [3.05, 3.63) is 59.2 Å². The van der Waals surface area contributed by atoms with Crippen LogP contribution in [-0.2, 0) is 0 Å². The average molecular weight is 335 g/mol. The molecular weight excluding hydrogens is 314 g/mol. The predicted molar refractivity (Wildman–Crippen MR) is 98.2 cm³/mol. The number of carboxylic acid groups (broad SMARTS) is 1. The number of carboxylic acids is 1. The minimum Gasteiger partial charge on any atom is -0.478 e. The van der Waals surface area contributed by atoms with Crippen molar-refractivity contribution < 1.29 is 9.90 Å². The van der Waals surface area contributed by atoms with Crippen LogP contribution in [0.2, 0.25) is 0 Å². The van der Waals surface area contributed by atoms with E-state index >= 15 is 0 Å². The minimum absolute atomic E-state index is 0.299. The van der Waals surface area contributed by atoms with E-state index in [0.29, 0.717) is 17.2 Å². The second-order valence-electron chi connectivity index (χ2n) is 6.37. The summed E-state index contributed by atoms with van der Waals surface area (Å²) >= 11 is 0. The van der Waals surface area contributed by atoms with Crippen molar-refractivity contribution in [2.24, 2.45) is 0 Å². The van der Waals surface area contributed by atoms with Crippen LogP contribution in [0.25, 0.3) is 0 Å². The van der Waals surface area contributed by atoms with Crippen LogP contribution >= 0.6 is 0 Å². The topological polar surface area (TPSA) is 76.4 Å². The molecule has 0 bridgehead atoms. The summed E-state index contributed by atoms with van der Waals surface area (Å²) in [7, 11) is 0. The number of piperidine rings is 1. The van der Waals surface area contributed by atoms with E-state index in [1.54, 1.807) is 12.1 Å². The molecule has 1 saturated heterocycles. The molecule has 1 aliphatic rings. The highest BCUT2D eigenvalue weighted by Gasteiger charge is 2.21. The molecule has 2 aromatic carbocycles. The molecule has 0 unspecified atom stereocenters. The van der Waals surface area contributed by atoms with Gasteiger partial charge < -0.3 is 15.3 Å². The fraction of sp³-hybridized carbons (Fsp3) is 0.300. The standard InChI is InChI=1S/C20H21N3O2/c1-14-6-7-15(20(24)25)12-18(14)22-17-8-10-23(11-9-17)19-5-3-2-4-16(19)13-21/h2-7,12,17,22H,8-11H2,1H3,(H,24,25). The quantitative estimate of drug-likeness (QED) is 0.892. The van der Waals surface area contributed by atoms with Crippen molar-refractivity contribution in [3.63, 3.8) is 0 Å². The van der Waals surface area contributed by atoms with E-state index in [4.69, 9.17) is 5.11 Å². The largest absolute Gasteiger partial charge is 0.478 e. The smallest absolute Gasteiger partial charge is 0.335 e. The third-order valence-electron chi connectivity index (χ3n) is 4.70. The van der Waals surface area contributed by atoms with E-state index in [0.717, 1.165) is 42.9 Å². The molecule has 2 aromatic rings. The van der Waals surface area contributed by atoms with E-state index in [2.05, 4.69) is 16.3 Å². The van der Waals surface area contributed by atoms with Gasteiger partial charge in [-0.1, -0.05) is 18.2 Å². The molecule has 2 N–H and O–H groups in total. The number of carbonyl (C=O) groups is 1. The van der Waals surface area contributed by atoms with E-state index in [1.165, 1.54) is 0 Å². The van der Waals surface area contributed by atoms with Gasteiger partial charge in [0, 0.05) is 24.8 Å². The van der Waals surface area contributed by atoms with Gasteiger partial charge in [0.1, 0.15) is 6.07 Å². The minimum atomic E-state index is -0.911. The van der Waals surface area contributed by atoms with Gasteiger partial charge in [0.05, 0.1) is 16.8 Å². The fourth-order valence-corrected chi connectivity index (χ4v) is 3.24. The number of rotatable bonds is 4. The monoisotopic (exact) mass is 335 g/mol. The van der Waals surface area contributed by atoms with Crippen LogP contribution in [0.5, 0.6) is 0 Å². The van der Waals surface area contributed by atoms with Gasteiger partial charge in [0.15, 0.2) is 0 Å². The van der Waals surface area contributed by atoms with Gasteiger partial charge in [-0.25, -0.2) is 4.79 Å². The maximum atomic E-state index is 11.2. The molecule has 0 aliphatic carbocycles. The van der Waals surface area contributed by atoms with Crippen molar-refractivity contribution >= 4 is 17.3 Å². The Balaban J connectivity index is 1.66. The number of anilines is 2. The zero-order valence-corrected chi connectivity index (χ0v) is 14.2. The Morgan fingerprint density at radius 2 is 1.96 bits per heavy atom. The number of nitriles is 1. The molecule has 0 aromatic heterocycles. The van der Waals surface area contributed by atoms with Gasteiger partial charge in [-0.15, -0.1) is 0 Å². The number of benzene rings is 2. The molecule has 5 heteroatoms. The molecule has 0 spiro atoms. The Labute approximate surface area is 147 Å². The van der Waals surface area contributed by atoms with Crippen molar-refractivity contribution in [2.45, 2.75) is 25.8 Å². The number of hydrogen-bond donors (Lipinski definition) is 2. The lowest BCUT2D eigenvalue weighted by molar-refractivity contribution is 0.0697. The van der Waals surface area contributed by atoms with Crippen LogP contribution in [0.3, 0.4) is 0 Å². The van der Waals surface area contributed by atoms with Crippen LogP contribution in [0.4, 0.5) is 11.4 Å².